The molecule has 0 aromatic heterocycles. The molecule has 1 amide bonds. The van der Waals surface area contributed by atoms with Gasteiger partial charge >= 0.3 is 0 Å². The highest BCUT2D eigenvalue weighted by Crippen LogP contribution is 2.38. The average Bonchev–Trinajstić information content (AvgIpc) is 3.09. The summed E-state index contributed by atoms with van der Waals surface area (Å²) in [5, 5.41) is 6.66. The van der Waals surface area contributed by atoms with E-state index in [2.05, 4.69) is 10.6 Å². The molecule has 0 aromatic carbocycles. The van der Waals surface area contributed by atoms with Gasteiger partial charge in [-0.15, -0.1) is 0 Å². The van der Waals surface area contributed by atoms with Crippen molar-refractivity contribution in [2.45, 2.75) is 62.8 Å². The lowest BCUT2D eigenvalue weighted by Gasteiger charge is -2.24. The van der Waals surface area contributed by atoms with Gasteiger partial charge in [0.1, 0.15) is 0 Å². The molecular formula is C14H22N2O2. The van der Waals surface area contributed by atoms with Crippen molar-refractivity contribution < 1.29 is 9.53 Å². The maximum absolute atomic E-state index is 12.4. The van der Waals surface area contributed by atoms with Crippen LogP contribution >= 0.6 is 0 Å². The number of nitrogens with one attached hydrogen (secondary N) is 2. The summed E-state index contributed by atoms with van der Waals surface area (Å²) in [6.45, 7) is 1.04. The molecule has 3 aliphatic heterocycles. The quantitative estimate of drug-likeness (QED) is 0.762. The van der Waals surface area contributed by atoms with Crippen molar-refractivity contribution in [2.24, 2.45) is 11.8 Å². The third-order valence-corrected chi connectivity index (χ3v) is 5.46. The summed E-state index contributed by atoms with van der Waals surface area (Å²) >= 11 is 0. The second-order valence-corrected chi connectivity index (χ2v) is 6.47. The molecule has 6 atom stereocenters. The van der Waals surface area contributed by atoms with E-state index in [4.69, 9.17) is 4.74 Å². The molecule has 4 aliphatic rings. The Morgan fingerprint density at radius 3 is 2.94 bits per heavy atom. The number of rotatable bonds is 2. The molecule has 0 radical (unpaired) electrons. The van der Waals surface area contributed by atoms with Gasteiger partial charge in [0, 0.05) is 0 Å². The van der Waals surface area contributed by atoms with Crippen molar-refractivity contribution in [1.82, 2.24) is 10.6 Å². The molecule has 18 heavy (non-hydrogen) atoms. The smallest absolute Gasteiger partial charge is 0.237 e. The van der Waals surface area contributed by atoms with E-state index in [9.17, 15) is 4.79 Å². The molecule has 2 N–H and O–H groups in total. The van der Waals surface area contributed by atoms with Crippen molar-refractivity contribution >= 4 is 5.91 Å². The van der Waals surface area contributed by atoms with Crippen molar-refractivity contribution in [3.05, 3.63) is 0 Å². The van der Waals surface area contributed by atoms with Crippen molar-refractivity contribution in [1.29, 1.82) is 0 Å². The molecule has 4 rings (SSSR count). The zero-order valence-electron chi connectivity index (χ0n) is 10.7. The SMILES string of the molecule is O=C(NC1CC2CCC1O2)C1NCC2CCCC21. The molecule has 6 unspecified atom stereocenters. The standard InChI is InChI=1S/C14H22N2O2/c17-14(13-10-3-1-2-8(10)7-15-13)16-11-6-9-4-5-12(11)18-9/h8-13,15H,1-7H2,(H,16,17). The van der Waals surface area contributed by atoms with Crippen LogP contribution in [0.15, 0.2) is 0 Å². The Bertz CT molecular complexity index is 360. The van der Waals surface area contributed by atoms with Crippen LogP contribution in [0.1, 0.15) is 38.5 Å². The maximum atomic E-state index is 12.4. The van der Waals surface area contributed by atoms with Crippen LogP contribution in [0.25, 0.3) is 0 Å². The summed E-state index contributed by atoms with van der Waals surface area (Å²) in [4.78, 5) is 12.4. The maximum Gasteiger partial charge on any atom is 0.237 e. The van der Waals surface area contributed by atoms with Gasteiger partial charge in [-0.3, -0.25) is 4.79 Å². The van der Waals surface area contributed by atoms with Gasteiger partial charge in [0.2, 0.25) is 5.91 Å². The first-order valence-corrected chi connectivity index (χ1v) is 7.50. The number of carbonyl (C=O) groups excluding carboxylic acids is 1. The van der Waals surface area contributed by atoms with Gasteiger partial charge in [-0.2, -0.15) is 0 Å². The van der Waals surface area contributed by atoms with Crippen molar-refractivity contribution in [3.8, 4) is 0 Å². The van der Waals surface area contributed by atoms with Gasteiger partial charge in [-0.25, -0.2) is 0 Å². The van der Waals surface area contributed by atoms with E-state index in [1.807, 2.05) is 0 Å². The molecule has 1 saturated carbocycles. The second kappa shape index (κ2) is 4.20. The van der Waals surface area contributed by atoms with Gasteiger partial charge in [-0.05, 0) is 50.5 Å². The normalized spacial score (nSPS) is 49.6. The van der Waals surface area contributed by atoms with E-state index < -0.39 is 0 Å². The fraction of sp³-hybridized carbons (Fsp3) is 0.929. The van der Waals surface area contributed by atoms with E-state index in [0.29, 0.717) is 18.1 Å². The minimum Gasteiger partial charge on any atom is -0.373 e. The molecule has 100 valence electrons. The first-order valence-electron chi connectivity index (χ1n) is 7.50. The fourth-order valence-corrected chi connectivity index (χ4v) is 4.54. The predicted molar refractivity (Wildman–Crippen MR) is 67.1 cm³/mol. The first kappa shape index (κ1) is 11.2. The van der Waals surface area contributed by atoms with Crippen LogP contribution in [-0.4, -0.2) is 36.7 Å². The first-order chi connectivity index (χ1) is 8.81. The fourth-order valence-electron chi connectivity index (χ4n) is 4.54. The van der Waals surface area contributed by atoms with Gasteiger partial charge in [0.25, 0.3) is 0 Å². The minimum absolute atomic E-state index is 0.0663. The monoisotopic (exact) mass is 250 g/mol. The average molecular weight is 250 g/mol. The predicted octanol–water partition coefficient (Wildman–Crippen LogP) is 0.811. The Balaban J connectivity index is 1.39. The van der Waals surface area contributed by atoms with Crippen LogP contribution in [0.3, 0.4) is 0 Å². The Kier molecular flexibility index (Phi) is 2.62. The van der Waals surface area contributed by atoms with Crippen LogP contribution in [0, 0.1) is 11.8 Å². The number of amides is 1. The zero-order valence-corrected chi connectivity index (χ0v) is 10.7. The lowest BCUT2D eigenvalue weighted by atomic mass is 9.92. The zero-order chi connectivity index (χ0) is 12.1. The minimum atomic E-state index is 0.0663. The molecule has 2 bridgehead atoms. The van der Waals surface area contributed by atoms with Gasteiger partial charge < -0.3 is 15.4 Å². The molecule has 0 aromatic rings. The lowest BCUT2D eigenvalue weighted by molar-refractivity contribution is -0.124. The summed E-state index contributed by atoms with van der Waals surface area (Å²) in [6, 6.07) is 0.343. The van der Waals surface area contributed by atoms with Gasteiger partial charge in [0.05, 0.1) is 24.3 Å². The van der Waals surface area contributed by atoms with E-state index in [1.54, 1.807) is 0 Å². The second-order valence-electron chi connectivity index (χ2n) is 6.47. The third kappa shape index (κ3) is 1.69. The molecular weight excluding hydrogens is 228 g/mol. The van der Waals surface area contributed by atoms with E-state index >= 15 is 0 Å². The highest BCUT2D eigenvalue weighted by atomic mass is 16.5. The largest absolute Gasteiger partial charge is 0.373 e. The third-order valence-electron chi connectivity index (χ3n) is 5.46. The number of ether oxygens (including phenoxy) is 1. The van der Waals surface area contributed by atoms with Crippen molar-refractivity contribution in [2.75, 3.05) is 6.54 Å². The molecule has 4 fully saturated rings. The van der Waals surface area contributed by atoms with E-state index in [1.165, 1.54) is 25.7 Å². The van der Waals surface area contributed by atoms with Crippen LogP contribution in [-0.2, 0) is 9.53 Å². The highest BCUT2D eigenvalue weighted by Gasteiger charge is 2.45. The topological polar surface area (TPSA) is 50.4 Å². The summed E-state index contributed by atoms with van der Waals surface area (Å²) in [6.07, 6.45) is 7.87. The Labute approximate surface area is 108 Å². The van der Waals surface area contributed by atoms with E-state index in [-0.39, 0.29) is 18.0 Å². The Hall–Kier alpha value is -0.610. The van der Waals surface area contributed by atoms with Gasteiger partial charge in [-0.1, -0.05) is 6.42 Å². The van der Waals surface area contributed by atoms with Crippen LogP contribution < -0.4 is 10.6 Å². The number of carbonyl (C=O) groups is 1. The van der Waals surface area contributed by atoms with Crippen molar-refractivity contribution in [3.63, 3.8) is 0 Å². The molecule has 4 heteroatoms. The number of hydrogen-bond donors (Lipinski definition) is 2. The highest BCUT2D eigenvalue weighted by molar-refractivity contribution is 5.83. The summed E-state index contributed by atoms with van der Waals surface area (Å²) in [7, 11) is 0. The number of hydrogen-bond acceptors (Lipinski definition) is 3. The van der Waals surface area contributed by atoms with Crippen LogP contribution in [0.2, 0.25) is 0 Å². The molecule has 1 aliphatic carbocycles. The van der Waals surface area contributed by atoms with E-state index in [0.717, 1.165) is 25.3 Å². The molecule has 3 saturated heterocycles. The molecule has 0 spiro atoms. The van der Waals surface area contributed by atoms with Gasteiger partial charge in [0.15, 0.2) is 0 Å². The number of fused-ring (bicyclic) bond motifs is 3. The van der Waals surface area contributed by atoms with Crippen LogP contribution in [0.5, 0.6) is 0 Å². The Morgan fingerprint density at radius 2 is 2.17 bits per heavy atom. The summed E-state index contributed by atoms with van der Waals surface area (Å²) < 4.78 is 5.80. The Morgan fingerprint density at radius 1 is 1.22 bits per heavy atom. The lowest BCUT2D eigenvalue weighted by Crippen LogP contribution is -2.50. The molecule has 3 heterocycles. The van der Waals surface area contributed by atoms with Crippen LogP contribution in [0.4, 0.5) is 0 Å². The summed E-state index contributed by atoms with van der Waals surface area (Å²) in [5.41, 5.74) is 0. The summed E-state index contributed by atoms with van der Waals surface area (Å²) in [5.74, 6) is 1.56. The molecule has 4 nitrogen and oxygen atoms in total.